The quantitative estimate of drug-likeness (QED) is 0.771. The van der Waals surface area contributed by atoms with Crippen LogP contribution in [-0.2, 0) is 9.84 Å². The number of thiocarbonyl (C=S) groups is 1. The third-order valence-electron chi connectivity index (χ3n) is 3.45. The Morgan fingerprint density at radius 3 is 2.86 bits per heavy atom. The maximum atomic E-state index is 12.3. The van der Waals surface area contributed by atoms with Crippen LogP contribution in [0.25, 0.3) is 0 Å². The molecule has 1 unspecified atom stereocenters. The Labute approximate surface area is 143 Å². The number of sulfone groups is 1. The van der Waals surface area contributed by atoms with Crippen LogP contribution < -0.4 is 10.6 Å². The van der Waals surface area contributed by atoms with Gasteiger partial charge < -0.3 is 10.6 Å². The van der Waals surface area contributed by atoms with Crippen molar-refractivity contribution in [2.24, 2.45) is 5.73 Å². The van der Waals surface area contributed by atoms with E-state index >= 15 is 0 Å². The van der Waals surface area contributed by atoms with Gasteiger partial charge >= 0.3 is 0 Å². The van der Waals surface area contributed by atoms with Crippen LogP contribution in [0.2, 0.25) is 0 Å². The summed E-state index contributed by atoms with van der Waals surface area (Å²) in [5.74, 6) is 1.68. The van der Waals surface area contributed by atoms with Crippen LogP contribution in [0.15, 0.2) is 22.7 Å². The Bertz CT molecular complexity index is 649. The maximum Gasteiger partial charge on any atom is 0.171 e. The zero-order chi connectivity index (χ0) is 15.6. The van der Waals surface area contributed by atoms with Gasteiger partial charge in [-0.05, 0) is 34.1 Å². The van der Waals surface area contributed by atoms with Crippen molar-refractivity contribution in [3.63, 3.8) is 0 Å². The van der Waals surface area contributed by atoms with E-state index in [0.29, 0.717) is 17.3 Å². The molecule has 0 aromatic heterocycles. The van der Waals surface area contributed by atoms with Gasteiger partial charge in [-0.1, -0.05) is 19.1 Å². The van der Waals surface area contributed by atoms with E-state index in [2.05, 4.69) is 15.9 Å². The first-order valence-electron chi connectivity index (χ1n) is 6.52. The second-order valence-electron chi connectivity index (χ2n) is 4.70. The lowest BCUT2D eigenvalue weighted by Gasteiger charge is -2.36. The molecule has 0 radical (unpaired) electrons. The van der Waals surface area contributed by atoms with Crippen LogP contribution in [0.4, 0.5) is 5.69 Å². The molecule has 1 aromatic rings. The van der Waals surface area contributed by atoms with E-state index in [4.69, 9.17) is 18.0 Å². The van der Waals surface area contributed by atoms with Gasteiger partial charge in [0.05, 0.1) is 0 Å². The largest absolute Gasteiger partial charge is 0.389 e. The second kappa shape index (κ2) is 6.85. The average molecular weight is 409 g/mol. The van der Waals surface area contributed by atoms with Gasteiger partial charge in [0.25, 0.3) is 0 Å². The molecule has 1 fully saturated rings. The number of hydrogen-bond acceptors (Lipinski definition) is 5. The first-order valence-corrected chi connectivity index (χ1v) is 10.6. The molecule has 21 heavy (non-hydrogen) atoms. The SMILES string of the molecule is CCS(=O)(=O)C1CSCCN1c1ccc(C(N)=S)c(Br)c1. The highest BCUT2D eigenvalue weighted by molar-refractivity contribution is 9.10. The highest BCUT2D eigenvalue weighted by Crippen LogP contribution is 2.30. The molecule has 1 atom stereocenters. The molecule has 8 heteroatoms. The van der Waals surface area contributed by atoms with Gasteiger partial charge in [0.15, 0.2) is 9.84 Å². The molecule has 1 aliphatic rings. The Hall–Kier alpha value is -0.310. The van der Waals surface area contributed by atoms with Crippen molar-refractivity contribution in [3.05, 3.63) is 28.2 Å². The fourth-order valence-corrected chi connectivity index (χ4v) is 6.13. The average Bonchev–Trinajstić information content (AvgIpc) is 2.46. The van der Waals surface area contributed by atoms with Gasteiger partial charge in [-0.15, -0.1) is 0 Å². The summed E-state index contributed by atoms with van der Waals surface area (Å²) in [4.78, 5) is 2.28. The molecule has 0 spiro atoms. The smallest absolute Gasteiger partial charge is 0.171 e. The Morgan fingerprint density at radius 1 is 1.57 bits per heavy atom. The molecule has 1 heterocycles. The second-order valence-corrected chi connectivity index (χ2v) is 9.59. The lowest BCUT2D eigenvalue weighted by Crippen LogP contribution is -2.48. The topological polar surface area (TPSA) is 63.4 Å². The van der Waals surface area contributed by atoms with E-state index in [0.717, 1.165) is 21.5 Å². The van der Waals surface area contributed by atoms with Gasteiger partial charge in [0, 0.05) is 39.5 Å². The molecule has 0 bridgehead atoms. The normalized spacial score (nSPS) is 19.5. The maximum absolute atomic E-state index is 12.3. The molecular weight excluding hydrogens is 392 g/mol. The molecule has 2 N–H and O–H groups in total. The predicted octanol–water partition coefficient (Wildman–Crippen LogP) is 2.40. The number of hydrogen-bond donors (Lipinski definition) is 1. The number of benzene rings is 1. The lowest BCUT2D eigenvalue weighted by molar-refractivity contribution is 0.579. The van der Waals surface area contributed by atoms with Crippen molar-refractivity contribution in [1.29, 1.82) is 0 Å². The number of nitrogens with zero attached hydrogens (tertiary/aromatic N) is 1. The first kappa shape index (κ1) is 17.1. The summed E-state index contributed by atoms with van der Waals surface area (Å²) >= 11 is 10.1. The van der Waals surface area contributed by atoms with Gasteiger partial charge in [-0.2, -0.15) is 11.8 Å². The molecule has 1 aromatic carbocycles. The van der Waals surface area contributed by atoms with Crippen molar-refractivity contribution in [3.8, 4) is 0 Å². The van der Waals surface area contributed by atoms with E-state index in [1.54, 1.807) is 18.7 Å². The fourth-order valence-electron chi connectivity index (χ4n) is 2.25. The number of thioether (sulfide) groups is 1. The minimum atomic E-state index is -3.12. The predicted molar refractivity (Wildman–Crippen MR) is 97.9 cm³/mol. The highest BCUT2D eigenvalue weighted by atomic mass is 79.9. The zero-order valence-electron chi connectivity index (χ0n) is 11.6. The molecule has 0 saturated carbocycles. The number of anilines is 1. The van der Waals surface area contributed by atoms with Gasteiger partial charge in [-0.3, -0.25) is 0 Å². The molecule has 2 rings (SSSR count). The first-order chi connectivity index (χ1) is 9.86. The molecule has 0 amide bonds. The zero-order valence-corrected chi connectivity index (χ0v) is 15.6. The van der Waals surface area contributed by atoms with Crippen LogP contribution in [0, 0.1) is 0 Å². The molecule has 1 saturated heterocycles. The van der Waals surface area contributed by atoms with E-state index in [9.17, 15) is 8.42 Å². The molecule has 0 aliphatic carbocycles. The molecule has 116 valence electrons. The Balaban J connectivity index is 2.38. The highest BCUT2D eigenvalue weighted by Gasteiger charge is 2.33. The summed E-state index contributed by atoms with van der Waals surface area (Å²) < 4.78 is 25.4. The molecule has 4 nitrogen and oxygen atoms in total. The van der Waals surface area contributed by atoms with Crippen molar-refractivity contribution in [1.82, 2.24) is 0 Å². The molecular formula is C13H17BrN2O2S3. The summed E-state index contributed by atoms with van der Waals surface area (Å²) in [6, 6.07) is 5.61. The summed E-state index contributed by atoms with van der Waals surface area (Å²) in [5.41, 5.74) is 7.29. The minimum absolute atomic E-state index is 0.154. The fraction of sp³-hybridized carbons (Fsp3) is 0.462. The third-order valence-corrected chi connectivity index (χ3v) is 7.62. The van der Waals surface area contributed by atoms with E-state index in [1.165, 1.54) is 0 Å². The van der Waals surface area contributed by atoms with E-state index in [-0.39, 0.29) is 5.75 Å². The van der Waals surface area contributed by atoms with Crippen molar-refractivity contribution in [2.45, 2.75) is 12.3 Å². The van der Waals surface area contributed by atoms with Crippen LogP contribution in [0.5, 0.6) is 0 Å². The number of nitrogens with two attached hydrogens (primary N) is 1. The summed E-state index contributed by atoms with van der Waals surface area (Å²) in [5, 5.41) is -0.469. The third kappa shape index (κ3) is 3.72. The monoisotopic (exact) mass is 408 g/mol. The Kier molecular flexibility index (Phi) is 5.56. The van der Waals surface area contributed by atoms with E-state index < -0.39 is 15.2 Å². The lowest BCUT2D eigenvalue weighted by atomic mass is 10.2. The standard InChI is InChI=1S/C13H17BrN2O2S3/c1-2-21(17,18)12-8-20-6-5-16(12)9-3-4-10(13(15)19)11(14)7-9/h3-4,7,12H,2,5-6,8H2,1H3,(H2,15,19). The van der Waals surface area contributed by atoms with Crippen LogP contribution >= 0.6 is 39.9 Å². The summed E-state index contributed by atoms with van der Waals surface area (Å²) in [7, 11) is -3.12. The number of halogens is 1. The van der Waals surface area contributed by atoms with Crippen molar-refractivity contribution >= 4 is 60.4 Å². The van der Waals surface area contributed by atoms with Crippen LogP contribution in [0.3, 0.4) is 0 Å². The van der Waals surface area contributed by atoms with Gasteiger partial charge in [-0.25, -0.2) is 8.42 Å². The van der Waals surface area contributed by atoms with Gasteiger partial charge in [0.2, 0.25) is 0 Å². The van der Waals surface area contributed by atoms with Crippen LogP contribution in [0.1, 0.15) is 12.5 Å². The Morgan fingerprint density at radius 2 is 2.29 bits per heavy atom. The summed E-state index contributed by atoms with van der Waals surface area (Å²) in [6.45, 7) is 2.41. The van der Waals surface area contributed by atoms with Gasteiger partial charge in [0.1, 0.15) is 10.4 Å². The van der Waals surface area contributed by atoms with E-state index in [1.807, 2.05) is 23.1 Å². The molecule has 1 aliphatic heterocycles. The van der Waals surface area contributed by atoms with Crippen molar-refractivity contribution in [2.75, 3.05) is 28.7 Å². The minimum Gasteiger partial charge on any atom is -0.389 e. The van der Waals surface area contributed by atoms with Crippen molar-refractivity contribution < 1.29 is 8.42 Å². The number of rotatable bonds is 4. The van der Waals surface area contributed by atoms with Crippen LogP contribution in [-0.4, -0.2) is 42.6 Å². The summed E-state index contributed by atoms with van der Waals surface area (Å²) in [6.07, 6.45) is 0.